The van der Waals surface area contributed by atoms with Crippen LogP contribution in [-0.4, -0.2) is 89.3 Å². The third-order valence-electron chi connectivity index (χ3n) is 1.65. The predicted molar refractivity (Wildman–Crippen MR) is 62.0 cm³/mol. The molecule has 1 saturated heterocycles. The van der Waals surface area contributed by atoms with Gasteiger partial charge in [0.2, 0.25) is 0 Å². The van der Waals surface area contributed by atoms with Gasteiger partial charge in [0.1, 0.15) is 0 Å². The Hall–Kier alpha value is 0.951. The van der Waals surface area contributed by atoms with Crippen LogP contribution in [-0.2, 0) is 0 Å². The van der Waals surface area contributed by atoms with Gasteiger partial charge in [-0.25, -0.2) is 0 Å². The monoisotopic (exact) mass is 384 g/mol. The van der Waals surface area contributed by atoms with E-state index in [1.54, 1.807) is 0 Å². The van der Waals surface area contributed by atoms with Crippen LogP contribution in [0.5, 0.6) is 0 Å². The Balaban J connectivity index is -0.000000223. The van der Waals surface area contributed by atoms with Crippen molar-refractivity contribution < 1.29 is 51.8 Å². The van der Waals surface area contributed by atoms with Crippen LogP contribution >= 0.6 is 0 Å². The summed E-state index contributed by atoms with van der Waals surface area (Å²) in [6, 6.07) is 0. The third-order valence-corrected chi connectivity index (χ3v) is 3.04. The second-order valence-corrected chi connectivity index (χ2v) is 4.61. The number of hydrogen-bond donors (Lipinski definition) is 0. The van der Waals surface area contributed by atoms with E-state index >= 15 is 0 Å². The molecule has 1 nitrogen and oxygen atoms in total. The predicted octanol–water partition coefficient (Wildman–Crippen LogP) is 4.11. The summed E-state index contributed by atoms with van der Waals surface area (Å²) < 4.78 is 118. The van der Waals surface area contributed by atoms with Gasteiger partial charge in [-0.2, -0.15) is 0 Å². The van der Waals surface area contributed by atoms with Crippen molar-refractivity contribution in [2.75, 3.05) is 13.7 Å². The van der Waals surface area contributed by atoms with Crippen molar-refractivity contribution in [1.29, 1.82) is 0 Å². The van der Waals surface area contributed by atoms with Gasteiger partial charge in [0.25, 0.3) is 0 Å². The van der Waals surface area contributed by atoms with E-state index < -0.39 is 21.8 Å². The molecule has 0 aromatic rings. The summed E-state index contributed by atoms with van der Waals surface area (Å²) in [5.41, 5.74) is 0. The van der Waals surface area contributed by atoms with Crippen LogP contribution in [0.3, 0.4) is 0 Å². The van der Waals surface area contributed by atoms with E-state index in [4.69, 9.17) is 0 Å². The van der Waals surface area contributed by atoms with Crippen molar-refractivity contribution in [3.05, 3.63) is 0 Å². The first kappa shape index (κ1) is 27.8. The van der Waals surface area contributed by atoms with E-state index in [2.05, 4.69) is 4.90 Å². The molecule has 22 heavy (non-hydrogen) atoms. The zero-order valence-electron chi connectivity index (χ0n) is 11.3. The molecule has 1 aliphatic rings. The molecule has 0 radical (unpaired) electrons. The first-order valence-electron chi connectivity index (χ1n) is 5.77. The molecule has 0 atom stereocenters. The SMILES string of the molecule is F[B-](F)(F)F.F[B-](F)(F)F.F[B-](F)(F)F.[K][CH2]N1CCCC1. The van der Waals surface area contributed by atoms with Crippen LogP contribution < -0.4 is 0 Å². The van der Waals surface area contributed by atoms with Crippen LogP contribution in [0.15, 0.2) is 0 Å². The molecule has 17 heteroatoms. The Morgan fingerprint density at radius 2 is 0.773 bits per heavy atom. The van der Waals surface area contributed by atoms with Gasteiger partial charge in [-0.05, 0) is 0 Å². The van der Waals surface area contributed by atoms with Gasteiger partial charge >= 0.3 is 102 Å². The number of likely N-dealkylation sites (tertiary alicyclic amines) is 1. The van der Waals surface area contributed by atoms with Crippen LogP contribution in [0.4, 0.5) is 51.8 Å². The quantitative estimate of drug-likeness (QED) is 0.486. The number of hydrogen-bond acceptors (Lipinski definition) is 1. The summed E-state index contributed by atoms with van der Waals surface area (Å²) in [6.07, 6.45) is 2.91. The third kappa shape index (κ3) is 84.2. The molecule has 1 aliphatic heterocycles. The maximum atomic E-state index is 9.75. The van der Waals surface area contributed by atoms with E-state index in [1.165, 1.54) is 26.6 Å². The van der Waals surface area contributed by atoms with E-state index in [0.717, 1.165) is 49.0 Å². The Kier molecular flexibility index (Phi) is 16.8. The number of nitrogens with zero attached hydrogens (tertiary/aromatic N) is 1. The van der Waals surface area contributed by atoms with Crippen molar-refractivity contribution in [2.24, 2.45) is 0 Å². The van der Waals surface area contributed by atoms with E-state index in [0.29, 0.717) is 0 Å². The van der Waals surface area contributed by atoms with Crippen molar-refractivity contribution in [2.45, 2.75) is 12.8 Å². The number of rotatable bonds is 1. The Morgan fingerprint density at radius 3 is 0.864 bits per heavy atom. The molecule has 0 aromatic heterocycles. The second kappa shape index (κ2) is 13.3. The van der Waals surface area contributed by atoms with E-state index in [-0.39, 0.29) is 0 Å². The molecule has 0 spiro atoms. The molecule has 0 bridgehead atoms. The minimum absolute atomic E-state index is 1.05. The van der Waals surface area contributed by atoms with Crippen LogP contribution in [0.1, 0.15) is 12.8 Å². The summed E-state index contributed by atoms with van der Waals surface area (Å²) in [5, 5.41) is 0. The fourth-order valence-electron chi connectivity index (χ4n) is 1.10. The summed E-state index contributed by atoms with van der Waals surface area (Å²) >= 11 is 1.05. The summed E-state index contributed by atoms with van der Waals surface area (Å²) in [4.78, 5) is 2.57. The van der Waals surface area contributed by atoms with Crippen LogP contribution in [0.25, 0.3) is 0 Å². The fraction of sp³-hybridized carbons (Fsp3) is 1.00. The average Bonchev–Trinajstić information content (AvgIpc) is 2.60. The molecule has 1 rings (SSSR count). The van der Waals surface area contributed by atoms with Gasteiger partial charge in [-0.1, -0.05) is 0 Å². The molecule has 0 saturated carbocycles. The van der Waals surface area contributed by atoms with Crippen LogP contribution in [0, 0.1) is 0 Å². The first-order chi connectivity index (χ1) is 9.43. The molecule has 1 heterocycles. The standard InChI is InChI=1S/C5H10N.3BF4.K/c1-6-4-2-3-5-6;3*2-1(3,4)5;/h1-5H2;;;;/q;3*-1;. The van der Waals surface area contributed by atoms with Crippen molar-refractivity contribution in [3.8, 4) is 0 Å². The van der Waals surface area contributed by atoms with Gasteiger partial charge in [0.05, 0.1) is 0 Å². The Morgan fingerprint density at radius 1 is 0.591 bits per heavy atom. The zero-order valence-corrected chi connectivity index (χ0v) is 14.4. The molecule has 0 aromatic carbocycles. The Labute approximate surface area is 153 Å². The molecule has 132 valence electrons. The molecular weight excluding hydrogens is 374 g/mol. The van der Waals surface area contributed by atoms with E-state index in [1.807, 2.05) is 0 Å². The van der Waals surface area contributed by atoms with Gasteiger partial charge in [-0.3, -0.25) is 0 Å². The topological polar surface area (TPSA) is 3.24 Å². The summed E-state index contributed by atoms with van der Waals surface area (Å²) in [7, 11) is -18.0. The fourth-order valence-corrected chi connectivity index (χ4v) is 2.09. The van der Waals surface area contributed by atoms with Gasteiger partial charge in [0.15, 0.2) is 0 Å². The molecule has 0 unspecified atom stereocenters. The average molecular weight is 384 g/mol. The molecule has 0 aliphatic carbocycles. The van der Waals surface area contributed by atoms with Gasteiger partial charge < -0.3 is 51.8 Å². The Bertz CT molecular complexity index is 202. The summed E-state index contributed by atoms with van der Waals surface area (Å²) in [5.74, 6) is 0. The molecule has 1 fully saturated rings. The minimum atomic E-state index is -6.00. The summed E-state index contributed by atoms with van der Waals surface area (Å²) in [6.45, 7) is 2.78. The first-order valence-corrected chi connectivity index (χ1v) is 7.98. The van der Waals surface area contributed by atoms with Crippen molar-refractivity contribution in [3.63, 3.8) is 0 Å². The normalized spacial score (nSPS) is 15.7. The zero-order chi connectivity index (χ0) is 18.6. The maximum absolute atomic E-state index is 9.75. The van der Waals surface area contributed by atoms with Crippen molar-refractivity contribution in [1.82, 2.24) is 4.90 Å². The van der Waals surface area contributed by atoms with Crippen LogP contribution in [0.2, 0.25) is 0 Å². The molecular formula is C5H10B3F12KN-3. The van der Waals surface area contributed by atoms with Gasteiger partial charge in [-0.15, -0.1) is 0 Å². The number of halogens is 12. The van der Waals surface area contributed by atoms with Gasteiger partial charge in [0, 0.05) is 0 Å². The van der Waals surface area contributed by atoms with Crippen molar-refractivity contribution >= 4 is 70.7 Å². The van der Waals surface area contributed by atoms with E-state index in [9.17, 15) is 51.8 Å². The second-order valence-electron chi connectivity index (χ2n) is 3.63. The molecule has 0 N–H and O–H groups in total. The molecule has 0 amide bonds.